The maximum absolute atomic E-state index is 13.1. The van der Waals surface area contributed by atoms with Gasteiger partial charge in [0.05, 0.1) is 17.3 Å². The summed E-state index contributed by atoms with van der Waals surface area (Å²) in [5.41, 5.74) is 9.62. The third-order valence-corrected chi connectivity index (χ3v) is 6.30. The molecule has 3 aromatic rings. The molecule has 3 N–H and O–H groups in total. The Bertz CT molecular complexity index is 1070. The van der Waals surface area contributed by atoms with Crippen molar-refractivity contribution in [1.29, 1.82) is 0 Å². The van der Waals surface area contributed by atoms with Gasteiger partial charge in [-0.15, -0.1) is 0 Å². The number of nitrogens with zero attached hydrogens (tertiary/aromatic N) is 4. The number of aromatic amines is 1. The molecule has 1 spiro atoms. The highest BCUT2D eigenvalue weighted by atomic mass is 16.2. The zero-order chi connectivity index (χ0) is 20.0. The van der Waals surface area contributed by atoms with Crippen LogP contribution in [0.25, 0.3) is 11.0 Å². The molecule has 1 aliphatic carbocycles. The Morgan fingerprint density at radius 2 is 2.14 bits per heavy atom. The summed E-state index contributed by atoms with van der Waals surface area (Å²) in [6, 6.07) is 7.62. The number of hydrogen-bond donors (Lipinski definition) is 2. The number of carbonyl (C=O) groups is 1. The van der Waals surface area contributed by atoms with Crippen LogP contribution < -0.4 is 10.6 Å². The van der Waals surface area contributed by atoms with E-state index >= 15 is 0 Å². The summed E-state index contributed by atoms with van der Waals surface area (Å²) in [4.78, 5) is 29.8. The van der Waals surface area contributed by atoms with E-state index in [0.29, 0.717) is 12.1 Å². The van der Waals surface area contributed by atoms with E-state index in [-0.39, 0.29) is 11.4 Å². The molecule has 2 aliphatic rings. The van der Waals surface area contributed by atoms with E-state index in [9.17, 15) is 4.79 Å². The molecule has 1 aliphatic heterocycles. The molecule has 0 atom stereocenters. The Kier molecular flexibility index (Phi) is 4.19. The number of fused-ring (bicyclic) bond motifs is 1. The molecule has 2 fully saturated rings. The van der Waals surface area contributed by atoms with Crippen molar-refractivity contribution in [3.8, 4) is 0 Å². The number of benzene rings is 1. The molecule has 1 aromatic carbocycles. The Morgan fingerprint density at radius 1 is 1.28 bits per heavy atom. The molecule has 7 heteroatoms. The molecule has 150 valence electrons. The molecule has 1 amide bonds. The van der Waals surface area contributed by atoms with Crippen molar-refractivity contribution in [2.75, 3.05) is 30.3 Å². The minimum Gasteiger partial charge on any atom is -0.399 e. The van der Waals surface area contributed by atoms with E-state index in [1.165, 1.54) is 5.56 Å². The average Bonchev–Trinajstić information content (AvgIpc) is 3.34. The minimum atomic E-state index is -0.0599. The number of nitrogens with two attached hydrogens (primary N) is 1. The lowest BCUT2D eigenvalue weighted by molar-refractivity contribution is -0.134. The number of anilines is 2. The highest BCUT2D eigenvalue weighted by Gasteiger charge is 2.53. The maximum Gasteiger partial charge on any atom is 0.227 e. The Balaban J connectivity index is 1.38. The van der Waals surface area contributed by atoms with Gasteiger partial charge in [0.1, 0.15) is 17.8 Å². The van der Waals surface area contributed by atoms with E-state index in [1.807, 2.05) is 30.5 Å². The standard InChI is InChI=1S/C22H26N6O/c1-2-16-12-24-20-19(16)21(26-14-25-20)27-8-9-28(22(13-27)6-7-22)18(29)11-15-4-3-5-17(23)10-15/h3-5,10,12,14H,2,6-9,11,13,23H2,1H3,(H,24,25,26). The summed E-state index contributed by atoms with van der Waals surface area (Å²) in [6.45, 7) is 4.48. The number of nitrogen functional groups attached to an aromatic ring is 1. The van der Waals surface area contributed by atoms with Crippen molar-refractivity contribution in [2.24, 2.45) is 0 Å². The first kappa shape index (κ1) is 18.0. The normalized spacial score (nSPS) is 17.8. The number of H-pyrrole nitrogens is 1. The maximum atomic E-state index is 13.1. The Labute approximate surface area is 169 Å². The van der Waals surface area contributed by atoms with Crippen molar-refractivity contribution in [2.45, 2.75) is 38.1 Å². The average molecular weight is 390 g/mol. The molecular weight excluding hydrogens is 364 g/mol. The second kappa shape index (κ2) is 6.76. The summed E-state index contributed by atoms with van der Waals surface area (Å²) in [6.07, 6.45) is 7.10. The molecule has 0 radical (unpaired) electrons. The van der Waals surface area contributed by atoms with Gasteiger partial charge in [-0.25, -0.2) is 9.97 Å². The molecular formula is C22H26N6O. The van der Waals surface area contributed by atoms with Crippen LogP contribution in [0.5, 0.6) is 0 Å². The van der Waals surface area contributed by atoms with Crippen molar-refractivity contribution in [1.82, 2.24) is 19.9 Å². The van der Waals surface area contributed by atoms with Crippen LogP contribution >= 0.6 is 0 Å². The van der Waals surface area contributed by atoms with Gasteiger partial charge in [0.15, 0.2) is 0 Å². The Morgan fingerprint density at radius 3 is 2.90 bits per heavy atom. The van der Waals surface area contributed by atoms with Crippen LogP contribution in [0.2, 0.25) is 0 Å². The van der Waals surface area contributed by atoms with E-state index < -0.39 is 0 Å². The molecule has 0 bridgehead atoms. The van der Waals surface area contributed by atoms with Crippen LogP contribution in [0.15, 0.2) is 36.8 Å². The number of amides is 1. The highest BCUT2D eigenvalue weighted by Crippen LogP contribution is 2.45. The number of piperazine rings is 1. The van der Waals surface area contributed by atoms with E-state index in [0.717, 1.165) is 61.3 Å². The summed E-state index contributed by atoms with van der Waals surface area (Å²) in [5, 5.41) is 1.12. The van der Waals surface area contributed by atoms with Crippen LogP contribution in [0.1, 0.15) is 30.9 Å². The quantitative estimate of drug-likeness (QED) is 0.668. The van der Waals surface area contributed by atoms with Crippen molar-refractivity contribution >= 4 is 28.4 Å². The van der Waals surface area contributed by atoms with Crippen LogP contribution in [0.3, 0.4) is 0 Å². The SMILES string of the molecule is CCc1c[nH]c2ncnc(N3CCN(C(=O)Cc4cccc(N)c4)C4(CC4)C3)c12. The molecule has 2 aromatic heterocycles. The smallest absolute Gasteiger partial charge is 0.227 e. The fourth-order valence-corrected chi connectivity index (χ4v) is 4.62. The fourth-order valence-electron chi connectivity index (χ4n) is 4.62. The van der Waals surface area contributed by atoms with E-state index in [1.54, 1.807) is 6.33 Å². The van der Waals surface area contributed by atoms with Crippen molar-refractivity contribution in [3.63, 3.8) is 0 Å². The van der Waals surface area contributed by atoms with Gasteiger partial charge in [-0.1, -0.05) is 19.1 Å². The topological polar surface area (TPSA) is 91.1 Å². The third-order valence-electron chi connectivity index (χ3n) is 6.30. The number of aryl methyl sites for hydroxylation is 1. The predicted molar refractivity (Wildman–Crippen MR) is 114 cm³/mol. The molecule has 5 rings (SSSR count). The highest BCUT2D eigenvalue weighted by molar-refractivity contribution is 5.91. The minimum absolute atomic E-state index is 0.0599. The van der Waals surface area contributed by atoms with Crippen LogP contribution in [-0.2, 0) is 17.6 Å². The Hall–Kier alpha value is -3.09. The monoisotopic (exact) mass is 390 g/mol. The number of hydrogen-bond acceptors (Lipinski definition) is 5. The summed E-state index contributed by atoms with van der Waals surface area (Å²) in [5.74, 6) is 1.18. The molecule has 0 unspecified atom stereocenters. The first-order valence-corrected chi connectivity index (χ1v) is 10.3. The lowest BCUT2D eigenvalue weighted by Crippen LogP contribution is -2.57. The lowest BCUT2D eigenvalue weighted by atomic mass is 10.1. The summed E-state index contributed by atoms with van der Waals surface area (Å²) in [7, 11) is 0. The largest absolute Gasteiger partial charge is 0.399 e. The van der Waals surface area contributed by atoms with Gasteiger partial charge < -0.3 is 20.5 Å². The summed E-state index contributed by atoms with van der Waals surface area (Å²) < 4.78 is 0. The van der Waals surface area contributed by atoms with Crippen molar-refractivity contribution in [3.05, 3.63) is 47.9 Å². The van der Waals surface area contributed by atoms with Crippen molar-refractivity contribution < 1.29 is 4.79 Å². The number of rotatable bonds is 4. The zero-order valence-electron chi connectivity index (χ0n) is 16.7. The predicted octanol–water partition coefficient (Wildman–Crippen LogP) is 2.53. The van der Waals surface area contributed by atoms with Gasteiger partial charge in [-0.3, -0.25) is 4.79 Å². The van der Waals surface area contributed by atoms with Gasteiger partial charge in [-0.2, -0.15) is 0 Å². The number of carbonyl (C=O) groups excluding carboxylic acids is 1. The molecule has 1 saturated heterocycles. The van der Waals surface area contributed by atoms with Crippen LogP contribution in [0.4, 0.5) is 11.5 Å². The zero-order valence-corrected chi connectivity index (χ0v) is 16.7. The first-order valence-electron chi connectivity index (χ1n) is 10.3. The molecule has 7 nitrogen and oxygen atoms in total. The van der Waals surface area contributed by atoms with Crippen LogP contribution in [-0.4, -0.2) is 50.9 Å². The number of nitrogens with one attached hydrogen (secondary N) is 1. The van der Waals surface area contributed by atoms with Gasteiger partial charge >= 0.3 is 0 Å². The third kappa shape index (κ3) is 3.10. The summed E-state index contributed by atoms with van der Waals surface area (Å²) >= 11 is 0. The lowest BCUT2D eigenvalue weighted by Gasteiger charge is -2.43. The molecule has 29 heavy (non-hydrogen) atoms. The first-order chi connectivity index (χ1) is 14.1. The van der Waals surface area contributed by atoms with Gasteiger partial charge in [0.25, 0.3) is 0 Å². The van der Waals surface area contributed by atoms with E-state index in [2.05, 4.69) is 31.7 Å². The van der Waals surface area contributed by atoms with Crippen LogP contribution in [0, 0.1) is 0 Å². The fraction of sp³-hybridized carbons (Fsp3) is 0.409. The van der Waals surface area contributed by atoms with Gasteiger partial charge in [-0.05, 0) is 42.5 Å². The van der Waals surface area contributed by atoms with Gasteiger partial charge in [0, 0.05) is 31.5 Å². The second-order valence-corrected chi connectivity index (χ2v) is 8.20. The number of aromatic nitrogens is 3. The molecule has 3 heterocycles. The molecule has 1 saturated carbocycles. The second-order valence-electron chi connectivity index (χ2n) is 8.20. The van der Waals surface area contributed by atoms with Gasteiger partial charge in [0.2, 0.25) is 5.91 Å². The van der Waals surface area contributed by atoms with E-state index in [4.69, 9.17) is 5.73 Å².